The molecule has 3 N–H and O–H groups in total. The number of ether oxygens (including phenoxy) is 3. The van der Waals surface area contributed by atoms with Crippen molar-refractivity contribution in [2.75, 3.05) is 25.6 Å². The lowest BCUT2D eigenvalue weighted by Gasteiger charge is -2.39. The molecule has 2 aliphatic heterocycles. The molecular formula is C31H38F5N5O5. The van der Waals surface area contributed by atoms with E-state index in [4.69, 9.17) is 14.2 Å². The highest BCUT2D eigenvalue weighted by Gasteiger charge is 2.65. The lowest BCUT2D eigenvalue weighted by Crippen LogP contribution is -2.52. The van der Waals surface area contributed by atoms with Crippen LogP contribution in [0.4, 0.5) is 32.6 Å². The molecule has 2 unspecified atom stereocenters. The minimum atomic E-state index is -4.80. The Hall–Kier alpha value is -3.72. The van der Waals surface area contributed by atoms with E-state index in [1.807, 2.05) is 0 Å². The van der Waals surface area contributed by atoms with Gasteiger partial charge < -0.3 is 34.5 Å². The number of pyridine rings is 1. The SMILES string of the molecule is COc1c([C@H]2[C@H](c3nc4c(NC5CCN(C(=O)OC(C)(C)C)C(CO)C5)nccc4[nH]3)O[C@@](C)(C(F)(F)F)[C@H]2C)ccc(F)c1F. The number of anilines is 1. The van der Waals surface area contributed by atoms with E-state index < -0.39 is 64.8 Å². The second-order valence-corrected chi connectivity index (χ2v) is 13.0. The second-order valence-electron chi connectivity index (χ2n) is 13.0. The van der Waals surface area contributed by atoms with Gasteiger partial charge in [0.1, 0.15) is 23.0 Å². The number of imidazole rings is 1. The van der Waals surface area contributed by atoms with Gasteiger partial charge in [-0.1, -0.05) is 13.0 Å². The normalized spacial score (nSPS) is 27.2. The maximum atomic E-state index is 14.8. The van der Waals surface area contributed by atoms with E-state index in [9.17, 15) is 31.9 Å². The Morgan fingerprint density at radius 2 is 1.96 bits per heavy atom. The summed E-state index contributed by atoms with van der Waals surface area (Å²) < 4.78 is 88.6. The number of fused-ring (bicyclic) bond motifs is 1. The van der Waals surface area contributed by atoms with Crippen molar-refractivity contribution in [3.05, 3.63) is 47.4 Å². The number of H-pyrrole nitrogens is 1. The number of aliphatic hydroxyl groups excluding tert-OH is 1. The maximum absolute atomic E-state index is 14.8. The fourth-order valence-electron chi connectivity index (χ4n) is 6.35. The molecule has 2 saturated heterocycles. The monoisotopic (exact) mass is 655 g/mol. The molecule has 0 radical (unpaired) electrons. The maximum Gasteiger partial charge on any atom is 0.417 e. The van der Waals surface area contributed by atoms with Gasteiger partial charge in [-0.25, -0.2) is 19.2 Å². The third-order valence-corrected chi connectivity index (χ3v) is 8.90. The van der Waals surface area contributed by atoms with Gasteiger partial charge in [0.05, 0.1) is 25.3 Å². The lowest BCUT2D eigenvalue weighted by atomic mass is 9.77. The van der Waals surface area contributed by atoms with Gasteiger partial charge in [0.25, 0.3) is 0 Å². The van der Waals surface area contributed by atoms with Crippen LogP contribution in [0.3, 0.4) is 0 Å². The van der Waals surface area contributed by atoms with Crippen LogP contribution >= 0.6 is 0 Å². The molecule has 2 fully saturated rings. The lowest BCUT2D eigenvalue weighted by molar-refractivity contribution is -0.275. The summed E-state index contributed by atoms with van der Waals surface area (Å²) in [6.07, 6.45) is -4.31. The number of rotatable bonds is 6. The highest BCUT2D eigenvalue weighted by molar-refractivity contribution is 5.86. The summed E-state index contributed by atoms with van der Waals surface area (Å²) in [4.78, 5) is 26.3. The van der Waals surface area contributed by atoms with Crippen LogP contribution in [0.2, 0.25) is 0 Å². The van der Waals surface area contributed by atoms with Crippen LogP contribution in [-0.4, -0.2) is 80.8 Å². The van der Waals surface area contributed by atoms with Gasteiger partial charge in [-0.05, 0) is 52.7 Å². The van der Waals surface area contributed by atoms with Gasteiger partial charge >= 0.3 is 12.3 Å². The van der Waals surface area contributed by atoms with Gasteiger partial charge in [-0.2, -0.15) is 17.6 Å². The van der Waals surface area contributed by atoms with Crippen molar-refractivity contribution in [2.45, 2.75) is 88.9 Å². The van der Waals surface area contributed by atoms with E-state index in [0.29, 0.717) is 36.2 Å². The third-order valence-electron chi connectivity index (χ3n) is 8.90. The first-order valence-electron chi connectivity index (χ1n) is 15.0. The van der Waals surface area contributed by atoms with Gasteiger partial charge in [-0.15, -0.1) is 0 Å². The molecule has 0 aliphatic carbocycles. The van der Waals surface area contributed by atoms with Gasteiger partial charge in [0.2, 0.25) is 5.82 Å². The molecule has 4 heterocycles. The highest BCUT2D eigenvalue weighted by Crippen LogP contribution is 2.59. The topological polar surface area (TPSA) is 122 Å². The Kier molecular flexibility index (Phi) is 8.88. The summed E-state index contributed by atoms with van der Waals surface area (Å²) >= 11 is 0. The zero-order valence-corrected chi connectivity index (χ0v) is 26.3. The summed E-state index contributed by atoms with van der Waals surface area (Å²) in [5.41, 5.74) is -2.57. The number of methoxy groups -OCH3 is 1. The molecule has 46 heavy (non-hydrogen) atoms. The Balaban J connectivity index is 1.47. The average Bonchev–Trinajstić information content (AvgIpc) is 3.53. The number of nitrogens with zero attached hydrogens (tertiary/aromatic N) is 3. The van der Waals surface area contributed by atoms with Crippen molar-refractivity contribution in [1.29, 1.82) is 0 Å². The molecule has 1 aromatic carbocycles. The second kappa shape index (κ2) is 12.1. The van der Waals surface area contributed by atoms with Crippen molar-refractivity contribution >= 4 is 22.9 Å². The number of amides is 1. The molecule has 0 saturated carbocycles. The van der Waals surface area contributed by atoms with Crippen LogP contribution in [0.1, 0.15) is 70.9 Å². The number of aromatic nitrogens is 3. The summed E-state index contributed by atoms with van der Waals surface area (Å²) in [5, 5.41) is 13.3. The number of hydrogen-bond acceptors (Lipinski definition) is 8. The zero-order valence-electron chi connectivity index (χ0n) is 26.3. The van der Waals surface area contributed by atoms with Crippen LogP contribution < -0.4 is 10.1 Å². The molecule has 2 aliphatic rings. The Morgan fingerprint density at radius 1 is 1.24 bits per heavy atom. The number of aliphatic hydroxyl groups is 1. The number of carbonyl (C=O) groups excluding carboxylic acids is 1. The van der Waals surface area contributed by atoms with Gasteiger partial charge in [0.15, 0.2) is 23.0 Å². The molecule has 6 atom stereocenters. The minimum absolute atomic E-state index is 0.00981. The Bertz CT molecular complexity index is 1590. The molecule has 0 spiro atoms. The zero-order chi connectivity index (χ0) is 33.8. The quantitative estimate of drug-likeness (QED) is 0.268. The highest BCUT2D eigenvalue weighted by atomic mass is 19.4. The predicted molar refractivity (Wildman–Crippen MR) is 157 cm³/mol. The number of benzene rings is 1. The van der Waals surface area contributed by atoms with Gasteiger partial charge in [0, 0.05) is 36.2 Å². The first kappa shape index (κ1) is 33.6. The van der Waals surface area contributed by atoms with Gasteiger partial charge in [-0.3, -0.25) is 0 Å². The number of aromatic amines is 1. The third kappa shape index (κ3) is 6.06. The molecular weight excluding hydrogens is 617 g/mol. The fourth-order valence-corrected chi connectivity index (χ4v) is 6.35. The minimum Gasteiger partial charge on any atom is -0.493 e. The first-order chi connectivity index (χ1) is 21.5. The molecule has 0 bridgehead atoms. The summed E-state index contributed by atoms with van der Waals surface area (Å²) in [6, 6.07) is 2.90. The van der Waals surface area contributed by atoms with Crippen molar-refractivity contribution in [3.8, 4) is 5.75 Å². The summed E-state index contributed by atoms with van der Waals surface area (Å²) in [7, 11) is 1.12. The fraction of sp³-hybridized carbons (Fsp3) is 0.581. The molecule has 2 aromatic heterocycles. The van der Waals surface area contributed by atoms with Crippen molar-refractivity contribution in [2.24, 2.45) is 5.92 Å². The largest absolute Gasteiger partial charge is 0.493 e. The number of carbonyl (C=O) groups is 1. The molecule has 252 valence electrons. The molecule has 10 nitrogen and oxygen atoms in total. The van der Waals surface area contributed by atoms with Crippen LogP contribution in [0, 0.1) is 17.6 Å². The van der Waals surface area contributed by atoms with Crippen LogP contribution in [0.25, 0.3) is 11.0 Å². The van der Waals surface area contributed by atoms with E-state index in [2.05, 4.69) is 20.3 Å². The number of halogens is 5. The Labute approximate surface area is 262 Å². The molecule has 3 aromatic rings. The van der Waals surface area contributed by atoms with Crippen LogP contribution in [0.5, 0.6) is 5.75 Å². The Morgan fingerprint density at radius 3 is 2.59 bits per heavy atom. The molecule has 15 heteroatoms. The van der Waals surface area contributed by atoms with E-state index >= 15 is 0 Å². The number of nitrogens with one attached hydrogen (secondary N) is 2. The standard InChI is InChI=1S/C31H38F5N5O5/c1-15-21(18-7-8-19(32)22(33)24(18)44-6)25(45-30(15,5)31(34,35)36)27-39-20-9-11-37-26(23(20)40-27)38-16-10-12-41(17(13-16)14-42)28(43)46-29(2,3)4/h7-9,11,15-17,21,25,42H,10,12-14H2,1-6H3,(H,37,38)(H,39,40)/t15-,16?,17?,21-,25+,30+/m0/s1. The molecule has 1 amide bonds. The van der Waals surface area contributed by atoms with Crippen molar-refractivity contribution in [1.82, 2.24) is 19.9 Å². The van der Waals surface area contributed by atoms with Crippen LogP contribution in [0.15, 0.2) is 24.4 Å². The average molecular weight is 656 g/mol. The summed E-state index contributed by atoms with van der Waals surface area (Å²) in [6.45, 7) is 7.57. The smallest absolute Gasteiger partial charge is 0.417 e. The summed E-state index contributed by atoms with van der Waals surface area (Å²) in [5.74, 6) is -5.04. The van der Waals surface area contributed by atoms with Crippen molar-refractivity contribution in [3.63, 3.8) is 0 Å². The van der Waals surface area contributed by atoms with Crippen molar-refractivity contribution < 1.29 is 46.1 Å². The first-order valence-corrected chi connectivity index (χ1v) is 15.0. The predicted octanol–water partition coefficient (Wildman–Crippen LogP) is 6.23. The number of likely N-dealkylation sites (tertiary alicyclic amines) is 1. The van der Waals surface area contributed by atoms with E-state index in [-0.39, 0.29) is 24.0 Å². The molecule has 5 rings (SSSR count). The number of hydrogen-bond donors (Lipinski definition) is 3. The van der Waals surface area contributed by atoms with E-state index in [0.717, 1.165) is 20.1 Å². The van der Waals surface area contributed by atoms with E-state index in [1.165, 1.54) is 24.1 Å². The van der Waals surface area contributed by atoms with Crippen LogP contribution in [-0.2, 0) is 9.47 Å². The number of alkyl halides is 3. The van der Waals surface area contributed by atoms with E-state index in [1.54, 1.807) is 26.8 Å². The number of piperidine rings is 1.